The van der Waals surface area contributed by atoms with E-state index in [2.05, 4.69) is 32.1 Å². The Morgan fingerprint density at radius 2 is 2.00 bits per heavy atom. The van der Waals surface area contributed by atoms with E-state index >= 15 is 0 Å². The lowest BCUT2D eigenvalue weighted by Crippen LogP contribution is -2.50. The molecule has 4 aliphatic carbocycles. The zero-order chi connectivity index (χ0) is 14.0. The zero-order valence-corrected chi connectivity index (χ0v) is 12.8. The molecule has 0 heterocycles. The normalized spacial score (nSPS) is 50.2. The molecule has 108 valence electrons. The van der Waals surface area contributed by atoms with Crippen LogP contribution in [-0.4, -0.2) is 5.78 Å². The monoisotopic (exact) mass is 270 g/mol. The first-order chi connectivity index (χ1) is 9.53. The minimum atomic E-state index is 0.356. The fourth-order valence-corrected chi connectivity index (χ4v) is 5.97. The van der Waals surface area contributed by atoms with Gasteiger partial charge >= 0.3 is 0 Å². The van der Waals surface area contributed by atoms with Gasteiger partial charge in [-0.3, -0.25) is 4.79 Å². The second-order valence-corrected chi connectivity index (χ2v) is 8.17. The average Bonchev–Trinajstić information content (AvgIpc) is 2.81. The molecule has 0 bridgehead atoms. The molecule has 0 saturated heterocycles. The lowest BCUT2D eigenvalue weighted by atomic mass is 9.46. The number of hydrogen-bond acceptors (Lipinski definition) is 1. The number of allylic oxidation sites excluding steroid dienone is 4. The molecule has 0 aromatic heterocycles. The Bertz CT molecular complexity index is 514. The van der Waals surface area contributed by atoms with Crippen molar-refractivity contribution in [3.8, 4) is 0 Å². The highest BCUT2D eigenvalue weighted by atomic mass is 16.1. The Labute approximate surface area is 122 Å². The number of carbonyl (C=O) groups is 1. The van der Waals surface area contributed by atoms with Gasteiger partial charge in [0.2, 0.25) is 0 Å². The van der Waals surface area contributed by atoms with E-state index in [1.165, 1.54) is 25.7 Å². The molecule has 3 fully saturated rings. The number of carbonyl (C=O) groups excluding carboxylic acids is 1. The van der Waals surface area contributed by atoms with Gasteiger partial charge in [-0.15, -0.1) is 0 Å². The summed E-state index contributed by atoms with van der Waals surface area (Å²) in [6, 6.07) is 0. The van der Waals surface area contributed by atoms with Gasteiger partial charge in [0.05, 0.1) is 0 Å². The van der Waals surface area contributed by atoms with Gasteiger partial charge in [-0.05, 0) is 55.3 Å². The first-order valence-corrected chi connectivity index (χ1v) is 8.44. The first kappa shape index (κ1) is 12.9. The minimum Gasteiger partial charge on any atom is -0.300 e. The molecule has 0 radical (unpaired) electrons. The van der Waals surface area contributed by atoms with Gasteiger partial charge in [0.15, 0.2) is 0 Å². The lowest BCUT2D eigenvalue weighted by molar-refractivity contribution is -0.130. The van der Waals surface area contributed by atoms with E-state index in [1.807, 2.05) is 0 Å². The van der Waals surface area contributed by atoms with Gasteiger partial charge in [0, 0.05) is 18.3 Å². The molecule has 0 N–H and O–H groups in total. The molecule has 0 spiro atoms. The summed E-state index contributed by atoms with van der Waals surface area (Å²) in [4.78, 5) is 11.8. The molecule has 3 saturated carbocycles. The van der Waals surface area contributed by atoms with Crippen LogP contribution in [0.5, 0.6) is 0 Å². The molecule has 0 aliphatic heterocycles. The van der Waals surface area contributed by atoms with Gasteiger partial charge in [-0.2, -0.15) is 0 Å². The predicted octanol–water partition coefficient (Wildman–Crippen LogP) is 4.68. The van der Waals surface area contributed by atoms with Crippen LogP contribution in [-0.2, 0) is 4.79 Å². The highest BCUT2D eigenvalue weighted by Crippen LogP contribution is 2.63. The number of hydrogen-bond donors (Lipinski definition) is 0. The quantitative estimate of drug-likeness (QED) is 0.624. The van der Waals surface area contributed by atoms with Crippen molar-refractivity contribution in [3.63, 3.8) is 0 Å². The molecule has 4 rings (SSSR count). The van der Waals surface area contributed by atoms with Crippen molar-refractivity contribution in [2.75, 3.05) is 0 Å². The predicted molar refractivity (Wildman–Crippen MR) is 81.2 cm³/mol. The van der Waals surface area contributed by atoms with Crippen molar-refractivity contribution in [1.29, 1.82) is 0 Å². The molecular formula is C19H26O. The van der Waals surface area contributed by atoms with Crippen LogP contribution in [0.25, 0.3) is 0 Å². The standard InChI is InChI=1S/C19H26O/c1-18-9-3-4-16(18)15-6-5-13-12-14(20)7-11-19(13,2)17(15)8-10-18/h3-4,9,13,15,17H,5-8,10-12H2,1-2H3/t13-,15-,17-,18-,19-/m0/s1. The summed E-state index contributed by atoms with van der Waals surface area (Å²) in [7, 11) is 0. The molecular weight excluding hydrogens is 244 g/mol. The molecule has 5 atom stereocenters. The van der Waals surface area contributed by atoms with E-state index < -0.39 is 0 Å². The van der Waals surface area contributed by atoms with E-state index in [0.717, 1.165) is 31.1 Å². The summed E-state index contributed by atoms with van der Waals surface area (Å²) in [5, 5.41) is 0. The van der Waals surface area contributed by atoms with Crippen LogP contribution in [0.2, 0.25) is 0 Å². The molecule has 0 amide bonds. The lowest BCUT2D eigenvalue weighted by Gasteiger charge is -2.58. The maximum atomic E-state index is 11.8. The number of ketones is 1. The van der Waals surface area contributed by atoms with Gasteiger partial charge in [0.1, 0.15) is 5.78 Å². The summed E-state index contributed by atoms with van der Waals surface area (Å²) in [5.74, 6) is 2.81. The Hall–Kier alpha value is -0.850. The van der Waals surface area contributed by atoms with Crippen molar-refractivity contribution >= 4 is 5.78 Å². The third-order valence-electron chi connectivity index (χ3n) is 7.28. The first-order valence-electron chi connectivity index (χ1n) is 8.44. The van der Waals surface area contributed by atoms with Crippen LogP contribution in [0.1, 0.15) is 58.8 Å². The largest absolute Gasteiger partial charge is 0.300 e. The summed E-state index contributed by atoms with van der Waals surface area (Å²) >= 11 is 0. The molecule has 20 heavy (non-hydrogen) atoms. The van der Waals surface area contributed by atoms with Crippen molar-refractivity contribution in [3.05, 3.63) is 23.8 Å². The van der Waals surface area contributed by atoms with Gasteiger partial charge in [-0.25, -0.2) is 0 Å². The topological polar surface area (TPSA) is 17.1 Å². The van der Waals surface area contributed by atoms with Crippen LogP contribution in [0, 0.1) is 28.6 Å². The van der Waals surface area contributed by atoms with E-state index in [0.29, 0.717) is 22.5 Å². The maximum absolute atomic E-state index is 11.8. The van der Waals surface area contributed by atoms with Gasteiger partial charge in [0.25, 0.3) is 0 Å². The highest BCUT2D eigenvalue weighted by Gasteiger charge is 2.54. The van der Waals surface area contributed by atoms with Gasteiger partial charge in [-0.1, -0.05) is 37.6 Å². The average molecular weight is 270 g/mol. The SMILES string of the molecule is C[C@]12CCC(=O)C[C@@H]1CC[C@H]1C3=CC=C[C@@]3(C)CC[C@@H]12. The number of rotatable bonds is 0. The molecule has 0 aromatic carbocycles. The molecule has 0 aromatic rings. The van der Waals surface area contributed by atoms with E-state index in [1.54, 1.807) is 5.57 Å². The molecule has 1 nitrogen and oxygen atoms in total. The van der Waals surface area contributed by atoms with Gasteiger partial charge < -0.3 is 0 Å². The molecule has 4 aliphatic rings. The zero-order valence-electron chi connectivity index (χ0n) is 12.8. The molecule has 1 heteroatoms. The van der Waals surface area contributed by atoms with Crippen molar-refractivity contribution in [2.24, 2.45) is 28.6 Å². The maximum Gasteiger partial charge on any atom is 0.133 e. The van der Waals surface area contributed by atoms with Crippen molar-refractivity contribution < 1.29 is 4.79 Å². The second-order valence-electron chi connectivity index (χ2n) is 8.17. The second kappa shape index (κ2) is 4.08. The van der Waals surface area contributed by atoms with Crippen LogP contribution in [0.4, 0.5) is 0 Å². The fourth-order valence-electron chi connectivity index (χ4n) is 5.97. The third-order valence-corrected chi connectivity index (χ3v) is 7.28. The van der Waals surface area contributed by atoms with E-state index in [4.69, 9.17) is 0 Å². The van der Waals surface area contributed by atoms with E-state index in [9.17, 15) is 4.79 Å². The third kappa shape index (κ3) is 1.58. The summed E-state index contributed by atoms with van der Waals surface area (Å²) in [5.41, 5.74) is 2.50. The van der Waals surface area contributed by atoms with Crippen molar-refractivity contribution in [1.82, 2.24) is 0 Å². The summed E-state index contributed by atoms with van der Waals surface area (Å²) in [6.07, 6.45) is 15.3. The van der Waals surface area contributed by atoms with Crippen LogP contribution in [0.3, 0.4) is 0 Å². The van der Waals surface area contributed by atoms with Crippen LogP contribution >= 0.6 is 0 Å². The Morgan fingerprint density at radius 1 is 1.15 bits per heavy atom. The highest BCUT2D eigenvalue weighted by molar-refractivity contribution is 5.79. The fraction of sp³-hybridized carbons (Fsp3) is 0.737. The van der Waals surface area contributed by atoms with E-state index in [-0.39, 0.29) is 0 Å². The van der Waals surface area contributed by atoms with Crippen LogP contribution in [0.15, 0.2) is 23.8 Å². The molecule has 0 unspecified atom stereocenters. The summed E-state index contributed by atoms with van der Waals surface area (Å²) < 4.78 is 0. The Kier molecular flexibility index (Phi) is 2.63. The Balaban J connectivity index is 1.68. The Morgan fingerprint density at radius 3 is 2.85 bits per heavy atom. The minimum absolute atomic E-state index is 0.356. The number of fused-ring (bicyclic) bond motifs is 5. The van der Waals surface area contributed by atoms with Crippen LogP contribution < -0.4 is 0 Å². The smallest absolute Gasteiger partial charge is 0.133 e. The van der Waals surface area contributed by atoms with Crippen molar-refractivity contribution in [2.45, 2.75) is 58.8 Å². The summed E-state index contributed by atoms with van der Waals surface area (Å²) in [6.45, 7) is 4.93. The number of Topliss-reactive ketones (excluding diaryl/α,β-unsaturated/α-hetero) is 1.